The summed E-state index contributed by atoms with van der Waals surface area (Å²) in [5.41, 5.74) is 8.26. The molecule has 3 N–H and O–H groups in total. The summed E-state index contributed by atoms with van der Waals surface area (Å²) in [6.45, 7) is 1.85. The van der Waals surface area contributed by atoms with E-state index >= 15 is 0 Å². The van der Waals surface area contributed by atoms with Gasteiger partial charge in [-0.25, -0.2) is 9.37 Å². The zero-order valence-corrected chi connectivity index (χ0v) is 22.5. The number of aryl methyl sites for hydroxylation is 1. The molecule has 0 radical (unpaired) electrons. The van der Waals surface area contributed by atoms with Gasteiger partial charge in [0.15, 0.2) is 5.82 Å². The first-order valence-electron chi connectivity index (χ1n) is 13.4. The van der Waals surface area contributed by atoms with Crippen LogP contribution in [-0.2, 0) is 11.2 Å². The molecule has 8 nitrogen and oxygen atoms in total. The number of carbonyl (C=O) groups excluding carboxylic acids is 1. The molecule has 7 rings (SSSR count). The van der Waals surface area contributed by atoms with E-state index < -0.39 is 0 Å². The van der Waals surface area contributed by atoms with Gasteiger partial charge in [0, 0.05) is 28.9 Å². The maximum absolute atomic E-state index is 14.2. The monoisotopic (exact) mass is 553 g/mol. The lowest BCUT2D eigenvalue weighted by Gasteiger charge is -2.08. The first-order chi connectivity index (χ1) is 20.5. The van der Waals surface area contributed by atoms with E-state index in [-0.39, 0.29) is 18.1 Å². The zero-order chi connectivity index (χ0) is 28.6. The van der Waals surface area contributed by atoms with Gasteiger partial charge in [-0.3, -0.25) is 19.9 Å². The largest absolute Gasteiger partial charge is 0.336 e. The molecule has 42 heavy (non-hydrogen) atoms. The fraction of sp³-hybridized carbons (Fsp3) is 0.0606. The van der Waals surface area contributed by atoms with Crippen LogP contribution < -0.4 is 5.32 Å². The van der Waals surface area contributed by atoms with Crippen LogP contribution in [0.5, 0.6) is 0 Å². The van der Waals surface area contributed by atoms with Crippen LogP contribution >= 0.6 is 0 Å². The van der Waals surface area contributed by atoms with Gasteiger partial charge >= 0.3 is 0 Å². The molecule has 0 fully saturated rings. The number of aromatic nitrogens is 6. The number of nitrogens with one attached hydrogen (secondary N) is 3. The molecule has 9 heteroatoms. The van der Waals surface area contributed by atoms with Crippen molar-refractivity contribution in [1.29, 1.82) is 0 Å². The molecule has 3 aromatic carbocycles. The third kappa shape index (κ3) is 4.88. The van der Waals surface area contributed by atoms with Crippen molar-refractivity contribution < 1.29 is 9.18 Å². The highest BCUT2D eigenvalue weighted by molar-refractivity contribution is 5.98. The van der Waals surface area contributed by atoms with Gasteiger partial charge in [-0.2, -0.15) is 5.10 Å². The summed E-state index contributed by atoms with van der Waals surface area (Å²) in [5, 5.41) is 11.4. The van der Waals surface area contributed by atoms with Crippen LogP contribution in [0.1, 0.15) is 11.1 Å². The molecule has 0 atom stereocenters. The first-order valence-corrected chi connectivity index (χ1v) is 13.4. The van der Waals surface area contributed by atoms with Gasteiger partial charge in [0.1, 0.15) is 17.0 Å². The number of aromatic amines is 2. The standard InChI is InChI=1S/C33H24FN7O/c1-19-11-22(14-24(34)12-19)30-32-28(9-10-36-30)38-33(39-32)31-26-16-21(7-8-27(26)40-41-31)23-15-25(18-35-17-23)37-29(42)13-20-5-3-2-4-6-20/h2-12,14-18H,13H2,1H3,(H,37,42)(H,38,39)(H,40,41). The number of hydrogen-bond acceptors (Lipinski definition) is 5. The fourth-order valence-corrected chi connectivity index (χ4v) is 5.16. The number of fused-ring (bicyclic) bond motifs is 2. The van der Waals surface area contributed by atoms with Crippen LogP contribution in [-0.4, -0.2) is 36.0 Å². The number of benzene rings is 3. The minimum absolute atomic E-state index is 0.111. The van der Waals surface area contributed by atoms with E-state index in [9.17, 15) is 9.18 Å². The third-order valence-corrected chi connectivity index (χ3v) is 7.07. The van der Waals surface area contributed by atoms with Crippen molar-refractivity contribution in [3.8, 4) is 33.9 Å². The molecule has 4 aromatic heterocycles. The van der Waals surface area contributed by atoms with E-state index in [0.717, 1.165) is 38.7 Å². The summed E-state index contributed by atoms with van der Waals surface area (Å²) < 4.78 is 14.2. The van der Waals surface area contributed by atoms with Crippen molar-refractivity contribution in [2.75, 3.05) is 5.32 Å². The topological polar surface area (TPSA) is 112 Å². The molecule has 4 heterocycles. The van der Waals surface area contributed by atoms with Gasteiger partial charge in [0.25, 0.3) is 0 Å². The van der Waals surface area contributed by atoms with E-state index in [4.69, 9.17) is 4.98 Å². The lowest BCUT2D eigenvalue weighted by molar-refractivity contribution is -0.115. The Hall–Kier alpha value is -5.70. The minimum Gasteiger partial charge on any atom is -0.336 e. The second-order valence-corrected chi connectivity index (χ2v) is 10.2. The maximum Gasteiger partial charge on any atom is 0.228 e. The Kier molecular flexibility index (Phi) is 6.24. The molecule has 0 saturated carbocycles. The van der Waals surface area contributed by atoms with Crippen LogP contribution in [0.2, 0.25) is 0 Å². The summed E-state index contributed by atoms with van der Waals surface area (Å²) >= 11 is 0. The Labute approximate surface area is 239 Å². The number of anilines is 1. The molecule has 0 aliphatic rings. The van der Waals surface area contributed by atoms with Crippen molar-refractivity contribution in [2.45, 2.75) is 13.3 Å². The molecule has 0 bridgehead atoms. The van der Waals surface area contributed by atoms with Crippen LogP contribution in [0.15, 0.2) is 97.5 Å². The number of carbonyl (C=O) groups is 1. The first kappa shape index (κ1) is 25.3. The van der Waals surface area contributed by atoms with Crippen molar-refractivity contribution in [3.05, 3.63) is 114 Å². The molecular weight excluding hydrogens is 529 g/mol. The number of halogens is 1. The Morgan fingerprint density at radius 1 is 0.881 bits per heavy atom. The van der Waals surface area contributed by atoms with Gasteiger partial charge in [0.2, 0.25) is 5.91 Å². The zero-order valence-electron chi connectivity index (χ0n) is 22.5. The highest BCUT2D eigenvalue weighted by Gasteiger charge is 2.17. The van der Waals surface area contributed by atoms with Crippen LogP contribution in [0.25, 0.3) is 55.8 Å². The fourth-order valence-electron chi connectivity index (χ4n) is 5.16. The van der Waals surface area contributed by atoms with Crippen LogP contribution in [0.4, 0.5) is 10.1 Å². The predicted octanol–water partition coefficient (Wildman–Crippen LogP) is 6.86. The summed E-state index contributed by atoms with van der Waals surface area (Å²) in [6.07, 6.45) is 5.35. The number of imidazole rings is 1. The predicted molar refractivity (Wildman–Crippen MR) is 161 cm³/mol. The van der Waals surface area contributed by atoms with E-state index in [1.165, 1.54) is 12.1 Å². The molecule has 0 unspecified atom stereocenters. The van der Waals surface area contributed by atoms with Gasteiger partial charge < -0.3 is 10.3 Å². The normalized spacial score (nSPS) is 11.3. The maximum atomic E-state index is 14.2. The van der Waals surface area contributed by atoms with Crippen LogP contribution in [0.3, 0.4) is 0 Å². The number of H-pyrrole nitrogens is 2. The number of rotatable bonds is 6. The van der Waals surface area contributed by atoms with E-state index in [2.05, 4.69) is 30.5 Å². The second-order valence-electron chi connectivity index (χ2n) is 10.2. The van der Waals surface area contributed by atoms with Gasteiger partial charge in [-0.05, 0) is 66.1 Å². The van der Waals surface area contributed by atoms with Crippen molar-refractivity contribution >= 4 is 33.5 Å². The average Bonchev–Trinajstić information content (AvgIpc) is 3.61. The number of hydrogen-bond donors (Lipinski definition) is 3. The van der Waals surface area contributed by atoms with E-state index in [0.29, 0.717) is 34.0 Å². The molecule has 0 spiro atoms. The van der Waals surface area contributed by atoms with E-state index in [1.807, 2.05) is 73.7 Å². The Morgan fingerprint density at radius 3 is 2.62 bits per heavy atom. The number of amides is 1. The summed E-state index contributed by atoms with van der Waals surface area (Å²) in [5.74, 6) is 0.135. The second kappa shape index (κ2) is 10.4. The SMILES string of the molecule is Cc1cc(F)cc(-c2nccc3[nH]c(-c4n[nH]c5ccc(-c6cncc(NC(=O)Cc7ccccc7)c6)cc45)nc23)c1. The lowest BCUT2D eigenvalue weighted by Crippen LogP contribution is -2.14. The average molecular weight is 554 g/mol. The smallest absolute Gasteiger partial charge is 0.228 e. The van der Waals surface area contributed by atoms with Gasteiger partial charge in [-0.1, -0.05) is 36.4 Å². The highest BCUT2D eigenvalue weighted by Crippen LogP contribution is 2.33. The molecular formula is C33H24FN7O. The lowest BCUT2D eigenvalue weighted by atomic mass is 10.0. The molecule has 0 aliphatic carbocycles. The third-order valence-electron chi connectivity index (χ3n) is 7.07. The summed E-state index contributed by atoms with van der Waals surface area (Å²) in [7, 11) is 0. The number of nitrogens with zero attached hydrogens (tertiary/aromatic N) is 4. The quantitative estimate of drug-likeness (QED) is 0.208. The summed E-state index contributed by atoms with van der Waals surface area (Å²) in [4.78, 5) is 29.7. The Morgan fingerprint density at radius 2 is 1.76 bits per heavy atom. The molecule has 7 aromatic rings. The molecule has 1 amide bonds. The minimum atomic E-state index is -0.320. The van der Waals surface area contributed by atoms with Gasteiger partial charge in [0.05, 0.1) is 35.0 Å². The highest BCUT2D eigenvalue weighted by atomic mass is 19.1. The molecule has 204 valence electrons. The molecule has 0 aliphatic heterocycles. The van der Waals surface area contributed by atoms with E-state index in [1.54, 1.807) is 18.6 Å². The van der Waals surface area contributed by atoms with Crippen LogP contribution in [0, 0.1) is 12.7 Å². The Bertz CT molecular complexity index is 2080. The number of pyridine rings is 2. The summed E-state index contributed by atoms with van der Waals surface area (Å²) in [6, 6.07) is 24.1. The van der Waals surface area contributed by atoms with Gasteiger partial charge in [-0.15, -0.1) is 0 Å². The Balaban J connectivity index is 1.22. The molecule has 0 saturated heterocycles. The van der Waals surface area contributed by atoms with Crippen molar-refractivity contribution in [3.63, 3.8) is 0 Å². The van der Waals surface area contributed by atoms with Crippen molar-refractivity contribution in [2.24, 2.45) is 0 Å². The van der Waals surface area contributed by atoms with Crippen molar-refractivity contribution in [1.82, 2.24) is 30.1 Å².